The molecule has 2 aliphatic heterocycles. The summed E-state index contributed by atoms with van der Waals surface area (Å²) in [5, 5.41) is 0.550. The Kier molecular flexibility index (Phi) is 7.07. The number of carbonyl (C=O) groups is 1. The second kappa shape index (κ2) is 10.4. The first-order valence-corrected chi connectivity index (χ1v) is 12.9. The Bertz CT molecular complexity index is 1280. The molecule has 0 spiro atoms. The Hall–Kier alpha value is -3.23. The summed E-state index contributed by atoms with van der Waals surface area (Å²) in [6.07, 6.45) is 1.52. The van der Waals surface area contributed by atoms with Crippen molar-refractivity contribution in [3.63, 3.8) is 0 Å². The van der Waals surface area contributed by atoms with E-state index in [0.717, 1.165) is 43.7 Å². The van der Waals surface area contributed by atoms with Gasteiger partial charge >= 0.3 is 0 Å². The highest BCUT2D eigenvalue weighted by molar-refractivity contribution is 5.99. The summed E-state index contributed by atoms with van der Waals surface area (Å²) in [7, 11) is 4.22. The van der Waals surface area contributed by atoms with Crippen LogP contribution in [0.4, 0.5) is 11.6 Å². The zero-order valence-electron chi connectivity index (χ0n) is 21.4. The molecule has 0 N–H and O–H groups in total. The van der Waals surface area contributed by atoms with Crippen molar-refractivity contribution in [2.45, 2.75) is 32.4 Å². The van der Waals surface area contributed by atoms with Gasteiger partial charge in [-0.05, 0) is 62.2 Å². The van der Waals surface area contributed by atoms with Crippen LogP contribution in [0, 0.1) is 5.92 Å². The van der Waals surface area contributed by atoms with Gasteiger partial charge in [-0.25, -0.2) is 4.98 Å². The zero-order valence-corrected chi connectivity index (χ0v) is 21.4. The summed E-state index contributed by atoms with van der Waals surface area (Å²) in [6.45, 7) is 6.73. The van der Waals surface area contributed by atoms with E-state index in [1.807, 2.05) is 18.2 Å². The van der Waals surface area contributed by atoms with Crippen LogP contribution < -0.4 is 15.4 Å². The van der Waals surface area contributed by atoms with Gasteiger partial charge in [-0.15, -0.1) is 0 Å². The predicted octanol–water partition coefficient (Wildman–Crippen LogP) is 3.30. The fraction of sp³-hybridized carbons (Fsp3) is 0.464. The van der Waals surface area contributed by atoms with E-state index in [1.54, 1.807) is 15.5 Å². The molecule has 8 heteroatoms. The molecule has 5 rings (SSSR count). The third-order valence-electron chi connectivity index (χ3n) is 7.62. The molecule has 2 aromatic carbocycles. The van der Waals surface area contributed by atoms with Crippen LogP contribution in [0.5, 0.6) is 0 Å². The van der Waals surface area contributed by atoms with E-state index < -0.39 is 6.04 Å². The Balaban J connectivity index is 1.44. The average molecular weight is 490 g/mol. The van der Waals surface area contributed by atoms with Crippen molar-refractivity contribution in [3.05, 3.63) is 64.4 Å². The third kappa shape index (κ3) is 4.63. The number of rotatable bonds is 8. The lowest BCUT2D eigenvalue weighted by Crippen LogP contribution is -2.35. The van der Waals surface area contributed by atoms with Gasteiger partial charge in [-0.1, -0.05) is 31.2 Å². The number of aromatic nitrogens is 2. The number of hydrogen-bond acceptors (Lipinski definition) is 6. The van der Waals surface area contributed by atoms with E-state index in [0.29, 0.717) is 36.6 Å². The van der Waals surface area contributed by atoms with Crippen LogP contribution in [0.2, 0.25) is 0 Å². The Morgan fingerprint density at radius 3 is 2.44 bits per heavy atom. The maximum absolute atomic E-state index is 13.8. The second-order valence-electron chi connectivity index (χ2n) is 9.91. The van der Waals surface area contributed by atoms with Gasteiger partial charge in [0.15, 0.2) is 0 Å². The van der Waals surface area contributed by atoms with E-state index >= 15 is 0 Å². The maximum atomic E-state index is 13.8. The highest BCUT2D eigenvalue weighted by atomic mass is 16.5. The van der Waals surface area contributed by atoms with E-state index in [9.17, 15) is 9.59 Å². The number of hydrogen-bond donors (Lipinski definition) is 0. The third-order valence-corrected chi connectivity index (χ3v) is 7.62. The fourth-order valence-corrected chi connectivity index (χ4v) is 5.18. The minimum absolute atomic E-state index is 0.0504. The van der Waals surface area contributed by atoms with Crippen LogP contribution in [0.15, 0.2) is 53.3 Å². The van der Waals surface area contributed by atoms with E-state index in [4.69, 9.17) is 9.72 Å². The molecule has 190 valence electrons. The lowest BCUT2D eigenvalue weighted by atomic mass is 9.91. The molecule has 0 radical (unpaired) electrons. The van der Waals surface area contributed by atoms with Crippen LogP contribution in [-0.2, 0) is 16.1 Å². The molecule has 36 heavy (non-hydrogen) atoms. The van der Waals surface area contributed by atoms with Gasteiger partial charge in [0, 0.05) is 39.0 Å². The van der Waals surface area contributed by atoms with Gasteiger partial charge in [-0.3, -0.25) is 19.1 Å². The van der Waals surface area contributed by atoms with Gasteiger partial charge in [0.2, 0.25) is 5.95 Å². The summed E-state index contributed by atoms with van der Waals surface area (Å²) in [5.41, 5.74) is 2.62. The first-order chi connectivity index (χ1) is 17.5. The summed E-state index contributed by atoms with van der Waals surface area (Å²) in [5.74, 6) is 0.461. The minimum Gasteiger partial charge on any atom is -0.381 e. The largest absolute Gasteiger partial charge is 0.381 e. The Labute approximate surface area is 212 Å². The SMILES string of the molecule is CCN(C)CCN(C)c1ccc(CN2C(=O)C(C3CCOCC3)n3c2nc2ccccc2c3=O)cc1. The van der Waals surface area contributed by atoms with Crippen molar-refractivity contribution in [1.29, 1.82) is 0 Å². The highest BCUT2D eigenvalue weighted by Crippen LogP contribution is 2.38. The molecule has 0 bridgehead atoms. The van der Waals surface area contributed by atoms with Crippen molar-refractivity contribution >= 4 is 28.4 Å². The van der Waals surface area contributed by atoms with E-state index in [-0.39, 0.29) is 17.4 Å². The molecule has 3 heterocycles. The van der Waals surface area contributed by atoms with Gasteiger partial charge in [0.1, 0.15) is 6.04 Å². The molecule has 2 aliphatic rings. The molecular weight excluding hydrogens is 454 g/mol. The number of carbonyl (C=O) groups excluding carboxylic acids is 1. The molecule has 1 amide bonds. The number of benzene rings is 2. The smallest absolute Gasteiger partial charge is 0.263 e. The van der Waals surface area contributed by atoms with Crippen molar-refractivity contribution in [3.8, 4) is 0 Å². The minimum atomic E-state index is -0.533. The summed E-state index contributed by atoms with van der Waals surface area (Å²) >= 11 is 0. The van der Waals surface area contributed by atoms with E-state index in [1.165, 1.54) is 0 Å². The number of nitrogens with zero attached hydrogens (tertiary/aromatic N) is 5. The Morgan fingerprint density at radius 2 is 1.72 bits per heavy atom. The first kappa shape index (κ1) is 24.5. The van der Waals surface area contributed by atoms with Crippen LogP contribution in [-0.4, -0.2) is 67.3 Å². The lowest BCUT2D eigenvalue weighted by molar-refractivity contribution is -0.122. The van der Waals surface area contributed by atoms with Crippen LogP contribution in [0.1, 0.15) is 31.4 Å². The van der Waals surface area contributed by atoms with Gasteiger partial charge in [0.25, 0.3) is 11.5 Å². The Morgan fingerprint density at radius 1 is 1.00 bits per heavy atom. The number of fused-ring (bicyclic) bond motifs is 2. The number of para-hydroxylation sites is 1. The molecule has 3 aromatic rings. The van der Waals surface area contributed by atoms with Crippen LogP contribution in [0.3, 0.4) is 0 Å². The molecule has 0 saturated carbocycles. The second-order valence-corrected chi connectivity index (χ2v) is 9.91. The van der Waals surface area contributed by atoms with Crippen molar-refractivity contribution < 1.29 is 9.53 Å². The zero-order chi connectivity index (χ0) is 25.2. The monoisotopic (exact) mass is 489 g/mol. The van der Waals surface area contributed by atoms with Gasteiger partial charge < -0.3 is 14.5 Å². The quantitative estimate of drug-likeness (QED) is 0.484. The van der Waals surface area contributed by atoms with Crippen molar-refractivity contribution in [2.24, 2.45) is 5.92 Å². The lowest BCUT2D eigenvalue weighted by Gasteiger charge is -2.27. The summed E-state index contributed by atoms with van der Waals surface area (Å²) in [4.78, 5) is 38.4. The molecule has 1 fully saturated rings. The summed E-state index contributed by atoms with van der Waals surface area (Å²) < 4.78 is 7.18. The fourth-order valence-electron chi connectivity index (χ4n) is 5.18. The van der Waals surface area contributed by atoms with Crippen LogP contribution in [0.25, 0.3) is 10.9 Å². The van der Waals surface area contributed by atoms with Crippen molar-refractivity contribution in [1.82, 2.24) is 14.5 Å². The molecule has 1 saturated heterocycles. The first-order valence-electron chi connectivity index (χ1n) is 12.9. The van der Waals surface area contributed by atoms with Crippen molar-refractivity contribution in [2.75, 3.05) is 56.7 Å². The maximum Gasteiger partial charge on any atom is 0.263 e. The number of anilines is 2. The standard InChI is InChI=1S/C28H35N5O3/c1-4-30(2)15-16-31(3)22-11-9-20(10-12-22)19-32-27(35)25(21-13-17-36-18-14-21)33-26(34)23-7-5-6-8-24(23)29-28(32)33/h5-12,21,25H,4,13-19H2,1-3H3. The number of amides is 1. The molecule has 8 nitrogen and oxygen atoms in total. The highest BCUT2D eigenvalue weighted by Gasteiger charge is 2.44. The topological polar surface area (TPSA) is 70.9 Å². The molecule has 0 aliphatic carbocycles. The number of ether oxygens (including phenoxy) is 1. The normalized spacial score (nSPS) is 18.3. The predicted molar refractivity (Wildman–Crippen MR) is 143 cm³/mol. The van der Waals surface area contributed by atoms with Gasteiger partial charge in [-0.2, -0.15) is 0 Å². The van der Waals surface area contributed by atoms with Gasteiger partial charge in [0.05, 0.1) is 17.4 Å². The molecule has 1 aromatic heterocycles. The van der Waals surface area contributed by atoms with Crippen LogP contribution >= 0.6 is 0 Å². The van der Waals surface area contributed by atoms with E-state index in [2.05, 4.69) is 55.1 Å². The summed E-state index contributed by atoms with van der Waals surface area (Å²) in [6, 6.07) is 15.1. The number of likely N-dealkylation sites (N-methyl/N-ethyl adjacent to an activating group) is 2. The molecule has 1 atom stereocenters. The molecule has 1 unspecified atom stereocenters. The average Bonchev–Trinajstić information content (AvgIpc) is 3.19. The molecular formula is C28H35N5O3.